The Morgan fingerprint density at radius 3 is 2.18 bits per heavy atom. The Bertz CT molecular complexity index is 626. The van der Waals surface area contributed by atoms with Crippen molar-refractivity contribution in [2.75, 3.05) is 5.32 Å². The molecule has 0 aliphatic rings. The summed E-state index contributed by atoms with van der Waals surface area (Å²) in [6, 6.07) is 18.0. The first-order chi connectivity index (χ1) is 10.4. The molecule has 2 aromatic rings. The van der Waals surface area contributed by atoms with Crippen molar-refractivity contribution in [2.24, 2.45) is 0 Å². The van der Waals surface area contributed by atoms with E-state index in [1.807, 2.05) is 55.5 Å². The lowest BCUT2D eigenvalue weighted by Gasteiger charge is -2.24. The van der Waals surface area contributed by atoms with Gasteiger partial charge in [-0.1, -0.05) is 76.2 Å². The number of para-hydroxylation sites is 1. The van der Waals surface area contributed by atoms with Crippen molar-refractivity contribution in [3.8, 4) is 0 Å². The smallest absolute Gasteiger partial charge is 0.231 e. The minimum absolute atomic E-state index is 0.00166. The second-order valence-corrected chi connectivity index (χ2v) is 6.66. The van der Waals surface area contributed by atoms with Crippen LogP contribution in [-0.2, 0) is 10.2 Å². The molecule has 2 heteroatoms. The van der Waals surface area contributed by atoms with Crippen LogP contribution in [0.3, 0.4) is 0 Å². The number of amides is 1. The lowest BCUT2D eigenvalue weighted by atomic mass is 9.85. The van der Waals surface area contributed by atoms with Gasteiger partial charge in [0.25, 0.3) is 0 Å². The zero-order valence-electron chi connectivity index (χ0n) is 13.9. The summed E-state index contributed by atoms with van der Waals surface area (Å²) >= 11 is 0. The Kier molecular flexibility index (Phi) is 5.02. The maximum atomic E-state index is 12.7. The molecule has 0 aromatic heterocycles. The summed E-state index contributed by atoms with van der Waals surface area (Å²) in [5.41, 5.74) is 3.13. The van der Waals surface area contributed by atoms with Gasteiger partial charge in [-0.05, 0) is 29.0 Å². The monoisotopic (exact) mass is 295 g/mol. The van der Waals surface area contributed by atoms with Gasteiger partial charge in [-0.2, -0.15) is 0 Å². The fraction of sp³-hybridized carbons (Fsp3) is 0.350. The largest absolute Gasteiger partial charge is 0.325 e. The molecule has 1 atom stereocenters. The van der Waals surface area contributed by atoms with Gasteiger partial charge in [0.2, 0.25) is 5.91 Å². The number of anilines is 1. The normalized spacial score (nSPS) is 12.7. The maximum absolute atomic E-state index is 12.7. The van der Waals surface area contributed by atoms with E-state index in [-0.39, 0.29) is 17.2 Å². The molecule has 0 bridgehead atoms. The Balaban J connectivity index is 2.25. The number of carbonyl (C=O) groups excluding carboxylic acids is 1. The Morgan fingerprint density at radius 2 is 1.59 bits per heavy atom. The number of carbonyl (C=O) groups is 1. The van der Waals surface area contributed by atoms with E-state index in [1.54, 1.807) is 0 Å². The lowest BCUT2D eigenvalue weighted by molar-refractivity contribution is -0.117. The average Bonchev–Trinajstić information content (AvgIpc) is 2.48. The molecule has 2 aromatic carbocycles. The summed E-state index contributed by atoms with van der Waals surface area (Å²) in [4.78, 5) is 12.7. The fourth-order valence-corrected chi connectivity index (χ4v) is 2.72. The standard InChI is InChI=1S/C20H25NO/c1-5-16(15-11-7-6-8-12-15)19(22)21-18-14-10-9-13-17(18)20(2,3)4/h6-14,16H,5H2,1-4H3,(H,21,22)/t16-/m1/s1. The highest BCUT2D eigenvalue weighted by Gasteiger charge is 2.22. The number of hydrogen-bond acceptors (Lipinski definition) is 1. The summed E-state index contributed by atoms with van der Waals surface area (Å²) in [5.74, 6) is -0.0559. The second kappa shape index (κ2) is 6.78. The SMILES string of the molecule is CC[C@@H](C(=O)Nc1ccccc1C(C)(C)C)c1ccccc1. The molecule has 2 rings (SSSR count). The van der Waals surface area contributed by atoms with Crippen LogP contribution >= 0.6 is 0 Å². The molecule has 22 heavy (non-hydrogen) atoms. The zero-order chi connectivity index (χ0) is 16.2. The Labute approximate surface area is 133 Å². The quantitative estimate of drug-likeness (QED) is 0.833. The van der Waals surface area contributed by atoms with Gasteiger partial charge in [0.15, 0.2) is 0 Å². The fourth-order valence-electron chi connectivity index (χ4n) is 2.72. The van der Waals surface area contributed by atoms with Crippen LogP contribution < -0.4 is 5.32 Å². The summed E-state index contributed by atoms with van der Waals surface area (Å²) in [5, 5.41) is 3.13. The molecule has 0 aliphatic carbocycles. The van der Waals surface area contributed by atoms with Crippen LogP contribution in [0.15, 0.2) is 54.6 Å². The van der Waals surface area contributed by atoms with E-state index in [2.05, 4.69) is 32.2 Å². The maximum Gasteiger partial charge on any atom is 0.231 e. The van der Waals surface area contributed by atoms with Gasteiger partial charge >= 0.3 is 0 Å². The first kappa shape index (κ1) is 16.3. The van der Waals surface area contributed by atoms with Gasteiger partial charge in [-0.25, -0.2) is 0 Å². The molecule has 0 radical (unpaired) electrons. The minimum atomic E-state index is -0.116. The zero-order valence-corrected chi connectivity index (χ0v) is 13.9. The molecular weight excluding hydrogens is 270 g/mol. The molecule has 1 amide bonds. The third-order valence-corrected chi connectivity index (χ3v) is 3.92. The highest BCUT2D eigenvalue weighted by Crippen LogP contribution is 2.30. The van der Waals surface area contributed by atoms with Crippen molar-refractivity contribution >= 4 is 11.6 Å². The van der Waals surface area contributed by atoms with Crippen LogP contribution in [0, 0.1) is 0 Å². The van der Waals surface area contributed by atoms with Crippen molar-refractivity contribution in [2.45, 2.75) is 45.4 Å². The van der Waals surface area contributed by atoms with Crippen LogP contribution in [0.1, 0.15) is 51.2 Å². The average molecular weight is 295 g/mol. The molecular formula is C20H25NO. The summed E-state index contributed by atoms with van der Waals surface area (Å²) in [6.07, 6.45) is 0.785. The van der Waals surface area contributed by atoms with E-state index in [0.717, 1.165) is 23.2 Å². The third kappa shape index (κ3) is 3.76. The molecule has 0 spiro atoms. The molecule has 2 nitrogen and oxygen atoms in total. The number of benzene rings is 2. The minimum Gasteiger partial charge on any atom is -0.325 e. The summed E-state index contributed by atoms with van der Waals surface area (Å²) in [6.45, 7) is 8.53. The van der Waals surface area contributed by atoms with Crippen LogP contribution in [0.2, 0.25) is 0 Å². The van der Waals surface area contributed by atoms with Gasteiger partial charge in [-0.3, -0.25) is 4.79 Å². The van der Waals surface area contributed by atoms with Gasteiger partial charge in [0.1, 0.15) is 0 Å². The van der Waals surface area contributed by atoms with Crippen LogP contribution in [-0.4, -0.2) is 5.91 Å². The van der Waals surface area contributed by atoms with E-state index in [0.29, 0.717) is 0 Å². The van der Waals surface area contributed by atoms with E-state index >= 15 is 0 Å². The van der Waals surface area contributed by atoms with Gasteiger partial charge < -0.3 is 5.32 Å². The second-order valence-electron chi connectivity index (χ2n) is 6.66. The molecule has 0 aliphatic heterocycles. The van der Waals surface area contributed by atoms with Gasteiger partial charge in [0, 0.05) is 5.69 Å². The molecule has 0 fully saturated rings. The van der Waals surface area contributed by atoms with Crippen molar-refractivity contribution < 1.29 is 4.79 Å². The topological polar surface area (TPSA) is 29.1 Å². The Hall–Kier alpha value is -2.09. The molecule has 0 unspecified atom stereocenters. The number of nitrogens with one attached hydrogen (secondary N) is 1. The summed E-state index contributed by atoms with van der Waals surface area (Å²) in [7, 11) is 0. The van der Waals surface area contributed by atoms with Crippen molar-refractivity contribution in [3.63, 3.8) is 0 Å². The van der Waals surface area contributed by atoms with E-state index < -0.39 is 0 Å². The molecule has 1 N–H and O–H groups in total. The van der Waals surface area contributed by atoms with Crippen molar-refractivity contribution in [3.05, 3.63) is 65.7 Å². The molecule has 116 valence electrons. The van der Waals surface area contributed by atoms with Crippen LogP contribution in [0.4, 0.5) is 5.69 Å². The predicted molar refractivity (Wildman–Crippen MR) is 93.2 cm³/mol. The number of rotatable bonds is 4. The first-order valence-electron chi connectivity index (χ1n) is 7.88. The van der Waals surface area contributed by atoms with Crippen molar-refractivity contribution in [1.82, 2.24) is 0 Å². The van der Waals surface area contributed by atoms with Crippen molar-refractivity contribution in [1.29, 1.82) is 0 Å². The first-order valence-corrected chi connectivity index (χ1v) is 7.88. The lowest BCUT2D eigenvalue weighted by Crippen LogP contribution is -2.23. The summed E-state index contributed by atoms with van der Waals surface area (Å²) < 4.78 is 0. The van der Waals surface area contributed by atoms with Gasteiger partial charge in [-0.15, -0.1) is 0 Å². The highest BCUT2D eigenvalue weighted by molar-refractivity contribution is 5.96. The highest BCUT2D eigenvalue weighted by atomic mass is 16.1. The third-order valence-electron chi connectivity index (χ3n) is 3.92. The van der Waals surface area contributed by atoms with Crippen LogP contribution in [0.5, 0.6) is 0 Å². The number of hydrogen-bond donors (Lipinski definition) is 1. The Morgan fingerprint density at radius 1 is 1.00 bits per heavy atom. The van der Waals surface area contributed by atoms with E-state index in [9.17, 15) is 4.79 Å². The van der Waals surface area contributed by atoms with Crippen LogP contribution in [0.25, 0.3) is 0 Å². The molecule has 0 heterocycles. The van der Waals surface area contributed by atoms with Gasteiger partial charge in [0.05, 0.1) is 5.92 Å². The molecule has 0 saturated heterocycles. The van der Waals surface area contributed by atoms with E-state index in [1.165, 1.54) is 0 Å². The molecule has 0 saturated carbocycles. The van der Waals surface area contributed by atoms with E-state index in [4.69, 9.17) is 0 Å². The predicted octanol–water partition coefficient (Wildman–Crippen LogP) is 5.12.